The van der Waals surface area contributed by atoms with E-state index in [1.54, 1.807) is 64.1 Å². The number of aliphatic carboxylic acids is 1. The predicted molar refractivity (Wildman–Crippen MR) is 175 cm³/mol. The lowest BCUT2D eigenvalue weighted by atomic mass is 10.00. The highest BCUT2D eigenvalue weighted by Gasteiger charge is 2.44. The quantitative estimate of drug-likeness (QED) is 0.212. The smallest absolute Gasteiger partial charge is 0.327 e. The first-order chi connectivity index (χ1) is 21.0. The zero-order valence-electron chi connectivity index (χ0n) is 25.3. The summed E-state index contributed by atoms with van der Waals surface area (Å²) >= 11 is 5.98. The van der Waals surface area contributed by atoms with Crippen LogP contribution in [0.15, 0.2) is 48.5 Å². The molecule has 8 N–H and O–H groups in total. The summed E-state index contributed by atoms with van der Waals surface area (Å²) in [7, 11) is 2.29. The predicted octanol–water partition coefficient (Wildman–Crippen LogP) is 1.77. The van der Waals surface area contributed by atoms with Crippen LogP contribution in [0, 0.1) is 0 Å². The fraction of sp³-hybridized carbons (Fsp3) is 0.433. The third-order valence-electron chi connectivity index (χ3n) is 7.10. The minimum atomic E-state index is -1.38. The van der Waals surface area contributed by atoms with Crippen molar-refractivity contribution >= 4 is 62.8 Å². The average Bonchev–Trinajstić information content (AvgIpc) is 2.97. The minimum absolute atomic E-state index is 0.0297. The molecule has 3 rings (SSSR count). The van der Waals surface area contributed by atoms with Crippen molar-refractivity contribution in [1.82, 2.24) is 21.3 Å². The Labute approximate surface area is 274 Å². The summed E-state index contributed by atoms with van der Waals surface area (Å²) in [5, 5.41) is 30.5. The number of hydrogen-bond donors (Lipinski definition) is 7. The lowest BCUT2D eigenvalue weighted by molar-refractivity contribution is -0.143. The zero-order valence-corrected chi connectivity index (χ0v) is 27.6. The maximum Gasteiger partial charge on any atom is 0.327 e. The molecular weight excluding hydrogens is 642 g/mol. The van der Waals surface area contributed by atoms with Gasteiger partial charge in [0, 0.05) is 16.2 Å². The fourth-order valence-corrected chi connectivity index (χ4v) is 7.39. The van der Waals surface area contributed by atoms with E-state index in [0.717, 1.165) is 21.6 Å². The van der Waals surface area contributed by atoms with E-state index in [1.807, 2.05) is 0 Å². The van der Waals surface area contributed by atoms with Crippen molar-refractivity contribution in [1.29, 1.82) is 0 Å². The van der Waals surface area contributed by atoms with Gasteiger partial charge in [0.2, 0.25) is 23.6 Å². The second-order valence-electron chi connectivity index (χ2n) is 11.7. The van der Waals surface area contributed by atoms with Crippen molar-refractivity contribution in [2.75, 3.05) is 6.54 Å². The molecule has 2 aromatic rings. The average molecular weight is 680 g/mol. The van der Waals surface area contributed by atoms with Crippen molar-refractivity contribution in [3.8, 4) is 5.75 Å². The molecule has 15 heteroatoms. The number of halogens is 1. The van der Waals surface area contributed by atoms with Crippen LogP contribution in [0.1, 0.15) is 38.8 Å². The molecule has 12 nitrogen and oxygen atoms in total. The molecule has 0 spiro atoms. The topological polar surface area (TPSA) is 200 Å². The number of nitrogens with one attached hydrogen (secondary N) is 4. The zero-order chi connectivity index (χ0) is 33.5. The molecule has 0 unspecified atom stereocenters. The minimum Gasteiger partial charge on any atom is -0.508 e. The highest BCUT2D eigenvalue weighted by atomic mass is 35.5. The van der Waals surface area contributed by atoms with Crippen molar-refractivity contribution in [3.05, 3.63) is 64.7 Å². The Hall–Kier alpha value is -3.46. The van der Waals surface area contributed by atoms with Crippen LogP contribution < -0.4 is 27.0 Å². The van der Waals surface area contributed by atoms with E-state index in [-0.39, 0.29) is 18.6 Å². The van der Waals surface area contributed by atoms with Gasteiger partial charge in [0.1, 0.15) is 23.9 Å². The molecule has 244 valence electrons. The normalized spacial score (nSPS) is 23.0. The Balaban J connectivity index is 1.89. The number of phenolic OH excluding ortho intramolecular Hbond substituents is 1. The van der Waals surface area contributed by atoms with E-state index >= 15 is 0 Å². The molecule has 2 aromatic carbocycles. The maximum atomic E-state index is 13.5. The molecule has 0 aliphatic carbocycles. The largest absolute Gasteiger partial charge is 0.508 e. The number of nitrogens with two attached hydrogens (primary N) is 1. The Kier molecular flexibility index (Phi) is 12.2. The number of hydrogen-bond acceptors (Lipinski definition) is 9. The molecule has 0 saturated carbocycles. The number of benzene rings is 2. The van der Waals surface area contributed by atoms with Crippen molar-refractivity contribution < 1.29 is 34.2 Å². The van der Waals surface area contributed by atoms with Gasteiger partial charge in [-0.3, -0.25) is 19.2 Å². The summed E-state index contributed by atoms with van der Waals surface area (Å²) in [5.74, 6) is -3.92. The molecule has 1 fully saturated rings. The number of amides is 4. The summed E-state index contributed by atoms with van der Waals surface area (Å²) in [5.41, 5.74) is 7.53. The number of rotatable bonds is 7. The Morgan fingerprint density at radius 3 is 2.13 bits per heavy atom. The van der Waals surface area contributed by atoms with Crippen LogP contribution in [0.4, 0.5) is 0 Å². The summed E-state index contributed by atoms with van der Waals surface area (Å²) in [4.78, 5) is 65.5. The van der Waals surface area contributed by atoms with Crippen molar-refractivity contribution in [3.63, 3.8) is 0 Å². The molecule has 0 radical (unpaired) electrons. The third kappa shape index (κ3) is 10.3. The van der Waals surface area contributed by atoms with Gasteiger partial charge in [-0.15, -0.1) is 0 Å². The highest BCUT2D eigenvalue weighted by Crippen LogP contribution is 2.46. The molecule has 45 heavy (non-hydrogen) atoms. The van der Waals surface area contributed by atoms with Crippen molar-refractivity contribution in [2.45, 2.75) is 74.2 Å². The van der Waals surface area contributed by atoms with Crippen LogP contribution >= 0.6 is 33.2 Å². The molecule has 1 aliphatic rings. The van der Waals surface area contributed by atoms with Gasteiger partial charge >= 0.3 is 5.97 Å². The maximum absolute atomic E-state index is 13.5. The Morgan fingerprint density at radius 2 is 1.53 bits per heavy atom. The van der Waals surface area contributed by atoms with Crippen LogP contribution in [0.3, 0.4) is 0 Å². The molecular formula is C30H38ClN5O7S2. The summed E-state index contributed by atoms with van der Waals surface area (Å²) in [6.45, 7) is 6.15. The summed E-state index contributed by atoms with van der Waals surface area (Å²) < 4.78 is -2.17. The van der Waals surface area contributed by atoms with Gasteiger partial charge in [0.25, 0.3) is 0 Å². The van der Waals surface area contributed by atoms with E-state index in [9.17, 15) is 34.2 Å². The second-order valence-corrected chi connectivity index (χ2v) is 15.6. The second kappa shape index (κ2) is 15.2. The van der Waals surface area contributed by atoms with Crippen molar-refractivity contribution in [2.24, 2.45) is 5.73 Å². The van der Waals surface area contributed by atoms with Crippen LogP contribution in [-0.4, -0.2) is 80.0 Å². The fourth-order valence-electron chi connectivity index (χ4n) is 4.45. The highest BCUT2D eigenvalue weighted by molar-refractivity contribution is 8.77. The van der Waals surface area contributed by atoms with Gasteiger partial charge in [-0.25, -0.2) is 4.79 Å². The third-order valence-corrected chi connectivity index (χ3v) is 11.6. The van der Waals surface area contributed by atoms with Gasteiger partial charge in [-0.05, 0) is 69.5 Å². The van der Waals surface area contributed by atoms with Gasteiger partial charge in [0.05, 0.1) is 17.3 Å². The van der Waals surface area contributed by atoms with E-state index in [4.69, 9.17) is 17.3 Å². The molecule has 4 amide bonds. The number of carboxylic acids is 1. The molecule has 1 saturated heterocycles. The molecule has 4 atom stereocenters. The lowest BCUT2D eigenvalue weighted by Crippen LogP contribution is -2.61. The van der Waals surface area contributed by atoms with Crippen LogP contribution in [0.5, 0.6) is 5.75 Å². The van der Waals surface area contributed by atoms with Gasteiger partial charge < -0.3 is 37.2 Å². The molecule has 1 aliphatic heterocycles. The number of phenols is 1. The number of carboxylic acid groups (broad SMARTS) is 1. The first-order valence-corrected chi connectivity index (χ1v) is 16.6. The van der Waals surface area contributed by atoms with Gasteiger partial charge in [0.15, 0.2) is 0 Å². The van der Waals surface area contributed by atoms with E-state index in [1.165, 1.54) is 12.1 Å². The molecule has 1 heterocycles. The number of aromatic hydroxyl groups is 1. The Morgan fingerprint density at radius 1 is 0.956 bits per heavy atom. The van der Waals surface area contributed by atoms with E-state index < -0.39 is 69.8 Å². The lowest BCUT2D eigenvalue weighted by Gasteiger charge is -2.38. The van der Waals surface area contributed by atoms with E-state index in [0.29, 0.717) is 16.1 Å². The van der Waals surface area contributed by atoms with Crippen LogP contribution in [0.25, 0.3) is 0 Å². The molecule has 0 bridgehead atoms. The van der Waals surface area contributed by atoms with E-state index in [2.05, 4.69) is 21.3 Å². The monoisotopic (exact) mass is 679 g/mol. The number of carbonyl (C=O) groups excluding carboxylic acids is 4. The van der Waals surface area contributed by atoms with Gasteiger partial charge in [-0.1, -0.05) is 57.5 Å². The standard InChI is InChI=1S/C30H38ClN5O7S2/c1-29(2)23(35-25(39)20(32)13-16-7-11-19(37)12-8-16)27(41)33-15-22(38)34-21(14-17-5-9-18(31)10-6-17)26(40)36-24(28(42)43)30(3,4)45-44-29/h5-12,20-21,23-24,37H,13-15,32H2,1-4H3,(H,33,41)(H,34,38)(H,35,39)(H,36,40)(H,42,43)/t20-,21+,23-,24-/m1/s1. The Bertz CT molecular complexity index is 1410. The molecule has 0 aromatic heterocycles. The van der Waals surface area contributed by atoms with Crippen LogP contribution in [-0.2, 0) is 36.8 Å². The SMILES string of the molecule is CC1(C)SSC(C)(C)[C@H](NC(=O)[C@H](N)Cc2ccc(O)cc2)C(=O)NCC(=O)N[C@@H](Cc2ccc(Cl)cc2)C(=O)N[C@@H]1C(=O)O. The van der Waals surface area contributed by atoms with Crippen LogP contribution in [0.2, 0.25) is 5.02 Å². The summed E-state index contributed by atoms with van der Waals surface area (Å²) in [6, 6.07) is 8.05. The summed E-state index contributed by atoms with van der Waals surface area (Å²) in [6.07, 6.45) is 0.162. The van der Waals surface area contributed by atoms with Gasteiger partial charge in [-0.2, -0.15) is 0 Å². The first-order valence-electron chi connectivity index (χ1n) is 14.0. The first kappa shape index (κ1) is 36.0. The number of carbonyl (C=O) groups is 5.